The van der Waals surface area contributed by atoms with Crippen LogP contribution < -0.4 is 5.56 Å². The van der Waals surface area contributed by atoms with Crippen molar-refractivity contribution >= 4 is 5.91 Å². The summed E-state index contributed by atoms with van der Waals surface area (Å²) < 4.78 is 28.8. The zero-order chi connectivity index (χ0) is 24.3. The summed E-state index contributed by atoms with van der Waals surface area (Å²) in [6, 6.07) is 6.74. The van der Waals surface area contributed by atoms with Crippen molar-refractivity contribution in [3.05, 3.63) is 75.3 Å². The minimum absolute atomic E-state index is 0.127. The number of H-pyrrole nitrogens is 1. The lowest BCUT2D eigenvalue weighted by Gasteiger charge is -2.41. The van der Waals surface area contributed by atoms with Crippen molar-refractivity contribution in [2.24, 2.45) is 5.41 Å². The number of hydrogen-bond acceptors (Lipinski definition) is 5. The van der Waals surface area contributed by atoms with Gasteiger partial charge in [-0.15, -0.1) is 0 Å². The van der Waals surface area contributed by atoms with Crippen LogP contribution in [0.15, 0.2) is 41.3 Å². The molecular formula is C25H25F2N5O2. The maximum atomic E-state index is 14.4. The van der Waals surface area contributed by atoms with Crippen LogP contribution in [0.2, 0.25) is 0 Å². The fourth-order valence-electron chi connectivity index (χ4n) is 5.97. The number of hydrogen-bond donors (Lipinski definition) is 1. The molecule has 1 fully saturated rings. The molecule has 1 saturated carbocycles. The summed E-state index contributed by atoms with van der Waals surface area (Å²) in [5.41, 5.74) is 0.777. The van der Waals surface area contributed by atoms with Crippen LogP contribution in [0.25, 0.3) is 11.3 Å². The minimum Gasteiger partial charge on any atom is -0.338 e. The predicted octanol–water partition coefficient (Wildman–Crippen LogP) is 3.82. The molecule has 1 aromatic carbocycles. The molecule has 0 spiro atoms. The summed E-state index contributed by atoms with van der Waals surface area (Å²) in [6.45, 7) is 7.04. The number of carbonyl (C=O) groups excluding carboxylic acids is 1. The van der Waals surface area contributed by atoms with E-state index in [1.165, 1.54) is 30.5 Å². The number of fused-ring (bicyclic) bond motifs is 5. The first kappa shape index (κ1) is 22.3. The van der Waals surface area contributed by atoms with Crippen molar-refractivity contribution in [2.75, 3.05) is 13.1 Å². The van der Waals surface area contributed by atoms with Crippen LogP contribution in [0.1, 0.15) is 61.1 Å². The highest BCUT2D eigenvalue weighted by molar-refractivity contribution is 5.93. The maximum Gasteiger partial charge on any atom is 0.264 e. The smallest absolute Gasteiger partial charge is 0.264 e. The predicted molar refractivity (Wildman–Crippen MR) is 121 cm³/mol. The normalized spacial score (nSPS) is 22.0. The first-order valence-electron chi connectivity index (χ1n) is 11.4. The number of aromatic amines is 1. The Balaban J connectivity index is 1.56. The first-order valence-corrected chi connectivity index (χ1v) is 11.4. The van der Waals surface area contributed by atoms with Crippen LogP contribution >= 0.6 is 0 Å². The van der Waals surface area contributed by atoms with Gasteiger partial charge in [-0.1, -0.05) is 19.9 Å². The zero-order valence-electron chi connectivity index (χ0n) is 19.2. The van der Waals surface area contributed by atoms with Gasteiger partial charge in [0.15, 0.2) is 0 Å². The van der Waals surface area contributed by atoms with E-state index in [2.05, 4.69) is 34.2 Å². The van der Waals surface area contributed by atoms with Crippen LogP contribution in [0.4, 0.5) is 8.78 Å². The standard InChI is InChI=1S/C25H25F2N5O2/c1-4-32(23(34)14-10-20(33)30-28-12-14)13-25-9-8-16(24(25,2)3)15-11-19(29-31-22(15)25)21-17(26)6-5-7-18(21)27/h5-7,10-12,16H,4,8-9,13H2,1-3H3,(H,30,33)/t16-,25-/m0/s1. The SMILES string of the molecule is CCN(C[C@@]12CC[C@@H](c3cc(-c4c(F)cccc4F)nnc31)C2(C)C)C(=O)c1cn[nH]c(=O)c1. The highest BCUT2D eigenvalue weighted by Crippen LogP contribution is 2.67. The van der Waals surface area contributed by atoms with Gasteiger partial charge >= 0.3 is 0 Å². The van der Waals surface area contributed by atoms with Gasteiger partial charge in [0.05, 0.1) is 28.7 Å². The molecule has 34 heavy (non-hydrogen) atoms. The second kappa shape index (κ2) is 7.78. The monoisotopic (exact) mass is 465 g/mol. The highest BCUT2D eigenvalue weighted by atomic mass is 19.1. The topological polar surface area (TPSA) is 91.8 Å². The molecule has 0 radical (unpaired) electrons. The quantitative estimate of drug-likeness (QED) is 0.619. The number of rotatable bonds is 5. The molecule has 176 valence electrons. The maximum absolute atomic E-state index is 14.4. The summed E-state index contributed by atoms with van der Waals surface area (Å²) in [7, 11) is 0. The number of aromatic nitrogens is 4. The largest absolute Gasteiger partial charge is 0.338 e. The summed E-state index contributed by atoms with van der Waals surface area (Å²) in [5.74, 6) is -1.51. The van der Waals surface area contributed by atoms with Crippen molar-refractivity contribution in [1.29, 1.82) is 0 Å². The van der Waals surface area contributed by atoms with Gasteiger partial charge in [-0.25, -0.2) is 13.9 Å². The van der Waals surface area contributed by atoms with E-state index in [4.69, 9.17) is 0 Å². The van der Waals surface area contributed by atoms with E-state index < -0.39 is 22.6 Å². The molecule has 2 bridgehead atoms. The number of nitrogens with one attached hydrogen (secondary N) is 1. The highest BCUT2D eigenvalue weighted by Gasteiger charge is 2.64. The van der Waals surface area contributed by atoms with E-state index in [1.54, 1.807) is 11.0 Å². The van der Waals surface area contributed by atoms with Gasteiger partial charge in [0.2, 0.25) is 0 Å². The van der Waals surface area contributed by atoms with Crippen molar-refractivity contribution in [3.63, 3.8) is 0 Å². The van der Waals surface area contributed by atoms with Gasteiger partial charge in [-0.2, -0.15) is 15.3 Å². The summed E-state index contributed by atoms with van der Waals surface area (Å²) in [4.78, 5) is 26.6. The fraction of sp³-hybridized carbons (Fsp3) is 0.400. The molecule has 1 amide bonds. The molecule has 9 heteroatoms. The Morgan fingerprint density at radius 2 is 1.94 bits per heavy atom. The zero-order valence-corrected chi connectivity index (χ0v) is 19.2. The molecule has 2 aliphatic rings. The molecule has 5 rings (SSSR count). The summed E-state index contributed by atoms with van der Waals surface area (Å²) >= 11 is 0. The lowest BCUT2D eigenvalue weighted by atomic mass is 9.68. The van der Waals surface area contributed by atoms with E-state index in [9.17, 15) is 18.4 Å². The molecule has 2 heterocycles. The van der Waals surface area contributed by atoms with Crippen molar-refractivity contribution < 1.29 is 13.6 Å². The van der Waals surface area contributed by atoms with Crippen LogP contribution in [0.5, 0.6) is 0 Å². The van der Waals surface area contributed by atoms with E-state index in [0.717, 1.165) is 24.1 Å². The van der Waals surface area contributed by atoms with Crippen LogP contribution in [-0.4, -0.2) is 44.3 Å². The summed E-state index contributed by atoms with van der Waals surface area (Å²) in [5, 5.41) is 14.8. The fourth-order valence-corrected chi connectivity index (χ4v) is 5.97. The molecule has 7 nitrogen and oxygen atoms in total. The third-order valence-corrected chi connectivity index (χ3v) is 7.88. The summed E-state index contributed by atoms with van der Waals surface area (Å²) in [6.07, 6.45) is 3.05. The Morgan fingerprint density at radius 3 is 2.62 bits per heavy atom. The average molecular weight is 466 g/mol. The van der Waals surface area contributed by atoms with Crippen molar-refractivity contribution in [1.82, 2.24) is 25.3 Å². The molecule has 0 unspecified atom stereocenters. The van der Waals surface area contributed by atoms with Crippen LogP contribution in [0, 0.1) is 17.0 Å². The Morgan fingerprint density at radius 1 is 1.21 bits per heavy atom. The number of nitrogens with zero attached hydrogens (tertiary/aromatic N) is 4. The molecule has 2 aromatic heterocycles. The minimum atomic E-state index is -0.680. The van der Waals surface area contributed by atoms with Crippen LogP contribution in [-0.2, 0) is 5.41 Å². The molecule has 2 atom stereocenters. The van der Waals surface area contributed by atoms with Gasteiger partial charge in [0.25, 0.3) is 11.5 Å². The van der Waals surface area contributed by atoms with Gasteiger partial charge in [0, 0.05) is 24.6 Å². The Bertz CT molecular complexity index is 1330. The lowest BCUT2D eigenvalue weighted by molar-refractivity contribution is 0.0651. The molecule has 0 aliphatic heterocycles. The van der Waals surface area contributed by atoms with Crippen molar-refractivity contribution in [2.45, 2.75) is 44.9 Å². The molecular weight excluding hydrogens is 440 g/mol. The average Bonchev–Trinajstić information content (AvgIpc) is 3.16. The van der Waals surface area contributed by atoms with Gasteiger partial charge < -0.3 is 4.90 Å². The van der Waals surface area contributed by atoms with Crippen molar-refractivity contribution in [3.8, 4) is 11.3 Å². The van der Waals surface area contributed by atoms with Gasteiger partial charge in [-0.3, -0.25) is 9.59 Å². The Hall–Kier alpha value is -3.49. The number of carbonyl (C=O) groups is 1. The first-order chi connectivity index (χ1) is 16.2. The van der Waals surface area contributed by atoms with E-state index in [-0.39, 0.29) is 34.1 Å². The van der Waals surface area contributed by atoms with E-state index in [1.807, 2.05) is 6.92 Å². The molecule has 1 N–H and O–H groups in total. The lowest BCUT2D eigenvalue weighted by Crippen LogP contribution is -2.48. The number of likely N-dealkylation sites (N-methyl/N-ethyl adjacent to an activating group) is 1. The second-order valence-corrected chi connectivity index (χ2v) is 9.68. The molecule has 2 aliphatic carbocycles. The van der Waals surface area contributed by atoms with Crippen LogP contribution in [0.3, 0.4) is 0 Å². The van der Waals surface area contributed by atoms with Gasteiger partial charge in [-0.05, 0) is 54.9 Å². The third-order valence-electron chi connectivity index (χ3n) is 7.88. The molecule has 3 aromatic rings. The van der Waals surface area contributed by atoms with E-state index >= 15 is 0 Å². The Kier molecular flexibility index (Phi) is 5.11. The second-order valence-electron chi connectivity index (χ2n) is 9.68. The number of amides is 1. The van der Waals surface area contributed by atoms with Gasteiger partial charge in [0.1, 0.15) is 11.6 Å². The van der Waals surface area contributed by atoms with E-state index in [0.29, 0.717) is 13.1 Å². The molecule has 0 saturated heterocycles. The number of halogens is 2. The third kappa shape index (κ3) is 3.09. The number of benzene rings is 1. The Labute approximate surface area is 195 Å².